The zero-order valence-corrected chi connectivity index (χ0v) is 18.3. The number of thioether (sulfide) groups is 1. The van der Waals surface area contributed by atoms with Gasteiger partial charge < -0.3 is 10.1 Å². The molecule has 1 aliphatic heterocycles. The van der Waals surface area contributed by atoms with Gasteiger partial charge in [-0.1, -0.05) is 0 Å². The Kier molecular flexibility index (Phi) is 7.02. The fourth-order valence-electron chi connectivity index (χ4n) is 3.02. The molecule has 2 N–H and O–H groups in total. The molecule has 0 spiro atoms. The largest absolute Gasteiger partial charge is 0.457 e. The van der Waals surface area contributed by atoms with E-state index < -0.39 is 23.5 Å². The molecule has 2 aromatic rings. The van der Waals surface area contributed by atoms with Crippen LogP contribution in [0.5, 0.6) is 11.5 Å². The van der Waals surface area contributed by atoms with Gasteiger partial charge in [-0.05, 0) is 62.4 Å². The molecule has 1 fully saturated rings. The number of hydroxylamine groups is 2. The second-order valence-corrected chi connectivity index (χ2v) is 8.72. The minimum Gasteiger partial charge on any atom is -0.457 e. The summed E-state index contributed by atoms with van der Waals surface area (Å²) in [6.07, 6.45) is 0.253. The first-order valence-corrected chi connectivity index (χ1v) is 10.7. The fourth-order valence-corrected chi connectivity index (χ4v) is 3.99. The van der Waals surface area contributed by atoms with Crippen LogP contribution in [0.2, 0.25) is 0 Å². The minimum absolute atomic E-state index is 0.129. The van der Waals surface area contributed by atoms with Crippen LogP contribution >= 0.6 is 11.8 Å². The van der Waals surface area contributed by atoms with E-state index in [1.54, 1.807) is 50.2 Å². The lowest BCUT2D eigenvalue weighted by molar-refractivity contribution is -0.160. The molecular weight excluding hydrogens is 432 g/mol. The SMILES string of the molecule is CC1(C)NC(=O)N(CC(CSc2ccc(Oc3ccc(C#N)cc3)cc2)N(O)C=O)C1=O. The number of benzene rings is 2. The van der Waals surface area contributed by atoms with E-state index >= 15 is 0 Å². The molecule has 10 heteroatoms. The van der Waals surface area contributed by atoms with Crippen molar-refractivity contribution in [3.8, 4) is 17.6 Å². The average molecular weight is 455 g/mol. The molecule has 0 bridgehead atoms. The molecule has 1 unspecified atom stereocenters. The van der Waals surface area contributed by atoms with Gasteiger partial charge in [0.1, 0.15) is 17.0 Å². The summed E-state index contributed by atoms with van der Waals surface area (Å²) in [4.78, 5) is 37.5. The lowest BCUT2D eigenvalue weighted by atomic mass is 10.1. The Hall–Kier alpha value is -3.55. The average Bonchev–Trinajstić information content (AvgIpc) is 2.98. The maximum Gasteiger partial charge on any atom is 0.325 e. The number of nitriles is 1. The number of carbonyl (C=O) groups is 3. The van der Waals surface area contributed by atoms with Crippen LogP contribution in [0.15, 0.2) is 53.4 Å². The van der Waals surface area contributed by atoms with Crippen molar-refractivity contribution in [2.45, 2.75) is 30.3 Å². The van der Waals surface area contributed by atoms with Crippen LogP contribution in [-0.2, 0) is 9.59 Å². The highest BCUT2D eigenvalue weighted by Crippen LogP contribution is 2.27. The molecule has 1 aliphatic rings. The number of urea groups is 1. The number of amides is 4. The third kappa shape index (κ3) is 5.38. The van der Waals surface area contributed by atoms with Gasteiger partial charge in [0, 0.05) is 10.6 Å². The second-order valence-electron chi connectivity index (χ2n) is 7.63. The predicted molar refractivity (Wildman–Crippen MR) is 116 cm³/mol. The van der Waals surface area contributed by atoms with Gasteiger partial charge >= 0.3 is 6.03 Å². The number of rotatable bonds is 9. The highest BCUT2D eigenvalue weighted by Gasteiger charge is 2.45. The number of ether oxygens (including phenoxy) is 1. The third-order valence-electron chi connectivity index (χ3n) is 4.81. The number of carbonyl (C=O) groups excluding carboxylic acids is 3. The molecule has 0 aromatic heterocycles. The van der Waals surface area contributed by atoms with Crippen LogP contribution in [0.3, 0.4) is 0 Å². The molecule has 0 saturated carbocycles. The molecule has 0 aliphatic carbocycles. The Bertz CT molecular complexity index is 1030. The van der Waals surface area contributed by atoms with E-state index in [0.29, 0.717) is 22.1 Å². The molecule has 4 amide bonds. The number of imide groups is 1. The number of nitrogens with zero attached hydrogens (tertiary/aromatic N) is 3. The lowest BCUT2D eigenvalue weighted by Crippen LogP contribution is -2.47. The molecule has 1 heterocycles. The summed E-state index contributed by atoms with van der Waals surface area (Å²) >= 11 is 1.36. The molecule has 1 saturated heterocycles. The number of hydrogen-bond donors (Lipinski definition) is 2. The van der Waals surface area contributed by atoms with Gasteiger partial charge in [0.2, 0.25) is 6.41 Å². The van der Waals surface area contributed by atoms with Gasteiger partial charge in [-0.25, -0.2) is 9.86 Å². The van der Waals surface area contributed by atoms with Crippen LogP contribution in [0.25, 0.3) is 0 Å². The van der Waals surface area contributed by atoms with Crippen LogP contribution < -0.4 is 10.1 Å². The third-order valence-corrected chi connectivity index (χ3v) is 5.96. The highest BCUT2D eigenvalue weighted by atomic mass is 32.2. The van der Waals surface area contributed by atoms with Crippen molar-refractivity contribution in [2.75, 3.05) is 12.3 Å². The monoisotopic (exact) mass is 454 g/mol. The number of hydrogen-bond acceptors (Lipinski definition) is 7. The van der Waals surface area contributed by atoms with Gasteiger partial charge in [0.15, 0.2) is 0 Å². The van der Waals surface area contributed by atoms with Crippen molar-refractivity contribution < 1.29 is 24.3 Å². The van der Waals surface area contributed by atoms with Crippen molar-refractivity contribution in [1.82, 2.24) is 15.3 Å². The van der Waals surface area contributed by atoms with Crippen LogP contribution in [-0.4, -0.2) is 57.4 Å². The van der Waals surface area contributed by atoms with E-state index in [9.17, 15) is 19.6 Å². The Morgan fingerprint density at radius 3 is 2.28 bits per heavy atom. The van der Waals surface area contributed by atoms with Crippen molar-refractivity contribution in [1.29, 1.82) is 5.26 Å². The molecule has 2 aromatic carbocycles. The summed E-state index contributed by atoms with van der Waals surface area (Å²) in [5, 5.41) is 21.8. The van der Waals surface area contributed by atoms with Crippen molar-refractivity contribution >= 4 is 30.1 Å². The first kappa shape index (κ1) is 23.1. The fraction of sp³-hybridized carbons (Fsp3) is 0.273. The lowest BCUT2D eigenvalue weighted by Gasteiger charge is -2.26. The van der Waals surface area contributed by atoms with Crippen molar-refractivity contribution in [3.05, 3.63) is 54.1 Å². The zero-order valence-electron chi connectivity index (χ0n) is 17.5. The smallest absolute Gasteiger partial charge is 0.325 e. The summed E-state index contributed by atoms with van der Waals surface area (Å²) in [5.41, 5.74) is -0.482. The van der Waals surface area contributed by atoms with Crippen molar-refractivity contribution in [2.24, 2.45) is 0 Å². The Morgan fingerprint density at radius 1 is 1.19 bits per heavy atom. The zero-order chi connectivity index (χ0) is 23.3. The first-order valence-electron chi connectivity index (χ1n) is 9.71. The molecule has 3 rings (SSSR count). The number of nitrogens with one attached hydrogen (secondary N) is 1. The highest BCUT2D eigenvalue weighted by molar-refractivity contribution is 7.99. The van der Waals surface area contributed by atoms with E-state index in [0.717, 1.165) is 9.80 Å². The van der Waals surface area contributed by atoms with E-state index in [1.165, 1.54) is 11.8 Å². The van der Waals surface area contributed by atoms with E-state index in [1.807, 2.05) is 18.2 Å². The summed E-state index contributed by atoms with van der Waals surface area (Å²) < 4.78 is 5.74. The van der Waals surface area contributed by atoms with E-state index in [4.69, 9.17) is 10.00 Å². The second kappa shape index (κ2) is 9.72. The molecule has 0 radical (unpaired) electrons. The van der Waals surface area contributed by atoms with Gasteiger partial charge in [-0.3, -0.25) is 19.7 Å². The predicted octanol–water partition coefficient (Wildman–Crippen LogP) is 2.99. The van der Waals surface area contributed by atoms with Crippen LogP contribution in [0.4, 0.5) is 4.79 Å². The minimum atomic E-state index is -1.03. The Balaban J connectivity index is 1.61. The topological polar surface area (TPSA) is 123 Å². The molecule has 9 nitrogen and oxygen atoms in total. The Labute approximate surface area is 189 Å². The van der Waals surface area contributed by atoms with E-state index in [2.05, 4.69) is 5.32 Å². The standard InChI is InChI=1S/C22H22N4O5S/c1-22(2)20(28)25(21(29)24-22)12-16(26(30)14-27)13-32-19-9-7-18(8-10-19)31-17-5-3-15(11-23)4-6-17/h3-10,14,16,30H,12-13H2,1-2H3,(H,24,29). The van der Waals surface area contributed by atoms with Crippen LogP contribution in [0.1, 0.15) is 19.4 Å². The van der Waals surface area contributed by atoms with Crippen molar-refractivity contribution in [3.63, 3.8) is 0 Å². The quantitative estimate of drug-likeness (QED) is 0.196. The summed E-state index contributed by atoms with van der Waals surface area (Å²) in [6, 6.07) is 14.6. The maximum atomic E-state index is 12.4. The molecule has 32 heavy (non-hydrogen) atoms. The van der Waals surface area contributed by atoms with Crippen LogP contribution in [0, 0.1) is 11.3 Å². The van der Waals surface area contributed by atoms with Gasteiger partial charge in [-0.15, -0.1) is 11.8 Å². The molecule has 166 valence electrons. The molecule has 1 atom stereocenters. The maximum absolute atomic E-state index is 12.4. The molecular formula is C22H22N4O5S. The summed E-state index contributed by atoms with van der Waals surface area (Å²) in [5.74, 6) is 1.04. The van der Waals surface area contributed by atoms with Gasteiger partial charge in [0.25, 0.3) is 5.91 Å². The Morgan fingerprint density at radius 2 is 1.78 bits per heavy atom. The van der Waals surface area contributed by atoms with Gasteiger partial charge in [0.05, 0.1) is 24.2 Å². The summed E-state index contributed by atoms with van der Waals surface area (Å²) in [6.45, 7) is 3.06. The summed E-state index contributed by atoms with van der Waals surface area (Å²) in [7, 11) is 0. The normalized spacial score (nSPS) is 15.6. The first-order chi connectivity index (χ1) is 15.2. The van der Waals surface area contributed by atoms with Gasteiger partial charge in [-0.2, -0.15) is 5.26 Å². The van der Waals surface area contributed by atoms with E-state index in [-0.39, 0.29) is 18.7 Å².